The standard InChI is InChI=1S/C15H15N3S2/c1-19-12-4-2-11(3-5-12)13-8-17-15(18-13)14-6-10(7-16)9-20-14/h2-6,8-9H,7,16H2,1H3,(H,17,18). The number of nitrogens with one attached hydrogen (secondary N) is 1. The van der Waals surface area contributed by atoms with Gasteiger partial charge in [0.2, 0.25) is 0 Å². The van der Waals surface area contributed by atoms with Gasteiger partial charge < -0.3 is 10.7 Å². The first-order valence-electron chi connectivity index (χ1n) is 6.27. The summed E-state index contributed by atoms with van der Waals surface area (Å²) in [5, 5.41) is 2.07. The maximum Gasteiger partial charge on any atom is 0.147 e. The summed E-state index contributed by atoms with van der Waals surface area (Å²) in [6.45, 7) is 0.570. The zero-order chi connectivity index (χ0) is 13.9. The van der Waals surface area contributed by atoms with Crippen molar-refractivity contribution in [2.24, 2.45) is 5.73 Å². The summed E-state index contributed by atoms with van der Waals surface area (Å²) in [5.74, 6) is 0.902. The van der Waals surface area contributed by atoms with E-state index >= 15 is 0 Å². The second kappa shape index (κ2) is 5.83. The van der Waals surface area contributed by atoms with Crippen LogP contribution in [0.1, 0.15) is 5.56 Å². The lowest BCUT2D eigenvalue weighted by Crippen LogP contribution is -1.92. The highest BCUT2D eigenvalue weighted by atomic mass is 32.2. The van der Waals surface area contributed by atoms with E-state index in [0.29, 0.717) is 6.54 Å². The number of aromatic nitrogens is 2. The van der Waals surface area contributed by atoms with Gasteiger partial charge in [0.15, 0.2) is 0 Å². The zero-order valence-corrected chi connectivity index (χ0v) is 12.7. The maximum atomic E-state index is 5.64. The molecule has 0 radical (unpaired) electrons. The summed E-state index contributed by atoms with van der Waals surface area (Å²) in [6, 6.07) is 10.6. The van der Waals surface area contributed by atoms with Gasteiger partial charge in [-0.1, -0.05) is 12.1 Å². The summed E-state index contributed by atoms with van der Waals surface area (Å²) in [6.07, 6.45) is 3.96. The van der Waals surface area contributed by atoms with Crippen molar-refractivity contribution in [1.82, 2.24) is 9.97 Å². The maximum absolute atomic E-state index is 5.64. The molecule has 3 N–H and O–H groups in total. The number of H-pyrrole nitrogens is 1. The molecule has 0 aliphatic carbocycles. The first kappa shape index (κ1) is 13.4. The van der Waals surface area contributed by atoms with Gasteiger partial charge in [-0.25, -0.2) is 4.98 Å². The van der Waals surface area contributed by atoms with Crippen molar-refractivity contribution in [1.29, 1.82) is 0 Å². The van der Waals surface area contributed by atoms with Gasteiger partial charge in [-0.2, -0.15) is 0 Å². The number of benzene rings is 1. The minimum Gasteiger partial charge on any atom is -0.337 e. The molecule has 20 heavy (non-hydrogen) atoms. The molecule has 0 saturated heterocycles. The van der Waals surface area contributed by atoms with Gasteiger partial charge in [0.1, 0.15) is 5.82 Å². The molecule has 0 aliphatic heterocycles. The van der Waals surface area contributed by atoms with Crippen LogP contribution in [0.5, 0.6) is 0 Å². The van der Waals surface area contributed by atoms with E-state index in [1.807, 2.05) is 6.20 Å². The van der Waals surface area contributed by atoms with E-state index in [1.54, 1.807) is 23.1 Å². The summed E-state index contributed by atoms with van der Waals surface area (Å²) in [7, 11) is 0. The first-order chi connectivity index (χ1) is 9.80. The Bertz CT molecular complexity index is 698. The molecule has 2 aromatic heterocycles. The highest BCUT2D eigenvalue weighted by Crippen LogP contribution is 2.28. The van der Waals surface area contributed by atoms with Gasteiger partial charge in [0.05, 0.1) is 16.8 Å². The Balaban J connectivity index is 1.88. The van der Waals surface area contributed by atoms with Gasteiger partial charge in [-0.3, -0.25) is 0 Å². The number of imidazole rings is 1. The van der Waals surface area contributed by atoms with Gasteiger partial charge in [0, 0.05) is 11.4 Å². The van der Waals surface area contributed by atoms with Gasteiger partial charge in [0.25, 0.3) is 0 Å². The number of thiophene rings is 1. The van der Waals surface area contributed by atoms with Crippen LogP contribution < -0.4 is 5.73 Å². The van der Waals surface area contributed by atoms with Crippen molar-refractivity contribution >= 4 is 23.1 Å². The fourth-order valence-electron chi connectivity index (χ4n) is 1.97. The number of thioether (sulfide) groups is 1. The second-order valence-electron chi connectivity index (χ2n) is 4.40. The Labute approximate surface area is 126 Å². The van der Waals surface area contributed by atoms with Crippen LogP contribution in [0.15, 0.2) is 46.8 Å². The Kier molecular flexibility index (Phi) is 3.91. The number of hydrogen-bond donors (Lipinski definition) is 2. The highest BCUT2D eigenvalue weighted by molar-refractivity contribution is 7.98. The van der Waals surface area contributed by atoms with E-state index in [-0.39, 0.29) is 0 Å². The molecule has 0 aliphatic rings. The molecular weight excluding hydrogens is 286 g/mol. The molecule has 102 valence electrons. The van der Waals surface area contributed by atoms with Crippen LogP contribution in [-0.4, -0.2) is 16.2 Å². The van der Waals surface area contributed by atoms with E-state index in [2.05, 4.69) is 51.9 Å². The van der Waals surface area contributed by atoms with Crippen molar-refractivity contribution in [3.05, 3.63) is 47.5 Å². The largest absolute Gasteiger partial charge is 0.337 e. The lowest BCUT2D eigenvalue weighted by molar-refractivity contribution is 1.08. The molecule has 3 rings (SSSR count). The molecule has 0 atom stereocenters. The number of aromatic amines is 1. The summed E-state index contributed by atoms with van der Waals surface area (Å²) in [4.78, 5) is 10.2. The average molecular weight is 301 g/mol. The quantitative estimate of drug-likeness (QED) is 0.717. The predicted molar refractivity (Wildman–Crippen MR) is 87.0 cm³/mol. The van der Waals surface area contributed by atoms with Crippen molar-refractivity contribution < 1.29 is 0 Å². The lowest BCUT2D eigenvalue weighted by atomic mass is 10.2. The summed E-state index contributed by atoms with van der Waals surface area (Å²) < 4.78 is 0. The highest BCUT2D eigenvalue weighted by Gasteiger charge is 2.07. The molecule has 0 fully saturated rings. The van der Waals surface area contributed by atoms with Crippen LogP contribution in [0.4, 0.5) is 0 Å². The third-order valence-corrected chi connectivity index (χ3v) is 4.83. The molecule has 0 amide bonds. The monoisotopic (exact) mass is 301 g/mol. The number of rotatable bonds is 4. The fourth-order valence-corrected chi connectivity index (χ4v) is 3.26. The van der Waals surface area contributed by atoms with Crippen LogP contribution in [0.2, 0.25) is 0 Å². The number of hydrogen-bond acceptors (Lipinski definition) is 4. The fraction of sp³-hybridized carbons (Fsp3) is 0.133. The molecule has 0 bridgehead atoms. The Morgan fingerprint density at radius 1 is 1.30 bits per heavy atom. The van der Waals surface area contributed by atoms with E-state index in [0.717, 1.165) is 27.5 Å². The third kappa shape index (κ3) is 2.65. The Morgan fingerprint density at radius 3 is 2.75 bits per heavy atom. The van der Waals surface area contributed by atoms with Crippen molar-refractivity contribution in [2.75, 3.05) is 6.26 Å². The average Bonchev–Trinajstić information content (AvgIpc) is 3.16. The minimum atomic E-state index is 0.570. The molecule has 3 aromatic rings. The molecule has 0 unspecified atom stereocenters. The first-order valence-corrected chi connectivity index (χ1v) is 8.38. The molecule has 0 spiro atoms. The van der Waals surface area contributed by atoms with Gasteiger partial charge in [-0.15, -0.1) is 23.1 Å². The lowest BCUT2D eigenvalue weighted by Gasteiger charge is -1.99. The topological polar surface area (TPSA) is 54.7 Å². The second-order valence-corrected chi connectivity index (χ2v) is 6.19. The molecule has 0 saturated carbocycles. The van der Waals surface area contributed by atoms with E-state index in [1.165, 1.54) is 4.90 Å². The van der Waals surface area contributed by atoms with Crippen molar-refractivity contribution in [2.45, 2.75) is 11.4 Å². The molecular formula is C15H15N3S2. The minimum absolute atomic E-state index is 0.570. The van der Waals surface area contributed by atoms with Crippen LogP contribution in [-0.2, 0) is 6.54 Å². The van der Waals surface area contributed by atoms with Gasteiger partial charge in [-0.05, 0) is 41.0 Å². The molecule has 1 aromatic carbocycles. The smallest absolute Gasteiger partial charge is 0.147 e. The Morgan fingerprint density at radius 2 is 2.10 bits per heavy atom. The van der Waals surface area contributed by atoms with Crippen molar-refractivity contribution in [3.8, 4) is 22.0 Å². The SMILES string of the molecule is CSc1ccc(-c2cnc(-c3cc(CN)cs3)[nH]2)cc1. The van der Waals surface area contributed by atoms with Crippen LogP contribution in [0.3, 0.4) is 0 Å². The predicted octanol–water partition coefficient (Wildman–Crippen LogP) is 3.99. The van der Waals surface area contributed by atoms with Crippen LogP contribution in [0.25, 0.3) is 22.0 Å². The zero-order valence-electron chi connectivity index (χ0n) is 11.1. The van der Waals surface area contributed by atoms with Gasteiger partial charge >= 0.3 is 0 Å². The molecule has 2 heterocycles. The number of nitrogens with zero attached hydrogens (tertiary/aromatic N) is 1. The number of nitrogens with two attached hydrogens (primary N) is 1. The molecule has 3 nitrogen and oxygen atoms in total. The summed E-state index contributed by atoms with van der Waals surface area (Å²) >= 11 is 3.41. The Hall–Kier alpha value is -1.56. The van der Waals surface area contributed by atoms with E-state index in [9.17, 15) is 0 Å². The van der Waals surface area contributed by atoms with Crippen LogP contribution in [0, 0.1) is 0 Å². The third-order valence-electron chi connectivity index (χ3n) is 3.10. The van der Waals surface area contributed by atoms with E-state index < -0.39 is 0 Å². The van der Waals surface area contributed by atoms with E-state index in [4.69, 9.17) is 5.73 Å². The van der Waals surface area contributed by atoms with Crippen LogP contribution >= 0.6 is 23.1 Å². The normalized spacial score (nSPS) is 10.9. The molecule has 5 heteroatoms. The summed E-state index contributed by atoms with van der Waals surface area (Å²) in [5.41, 5.74) is 8.97. The van der Waals surface area contributed by atoms with Crippen molar-refractivity contribution in [3.63, 3.8) is 0 Å².